The normalized spacial score (nSPS) is 39.8. The van der Waals surface area contributed by atoms with Gasteiger partial charge in [-0.2, -0.15) is 0 Å². The van der Waals surface area contributed by atoms with Crippen LogP contribution in [-0.2, 0) is 10.2 Å². The Balaban J connectivity index is 1.48. The van der Waals surface area contributed by atoms with E-state index >= 15 is 0 Å². The SMILES string of the molecule is O=C(NC1=NCCS1)C12C[C@@H]3C[C@@H](C1)CC(c1ccccc1)(C3)C2. The fraction of sp³-hybridized carbons (Fsp3) is 0.600. The summed E-state index contributed by atoms with van der Waals surface area (Å²) < 4.78 is 0. The number of rotatable bonds is 2. The van der Waals surface area contributed by atoms with Gasteiger partial charge in [-0.3, -0.25) is 9.79 Å². The number of amides is 1. The maximum atomic E-state index is 13.2. The second kappa shape index (κ2) is 5.35. The molecule has 4 bridgehead atoms. The maximum absolute atomic E-state index is 13.2. The minimum atomic E-state index is -0.161. The van der Waals surface area contributed by atoms with E-state index in [9.17, 15) is 4.79 Å². The van der Waals surface area contributed by atoms with Gasteiger partial charge in [-0.25, -0.2) is 0 Å². The molecule has 6 rings (SSSR count). The van der Waals surface area contributed by atoms with Crippen molar-refractivity contribution in [2.45, 2.75) is 43.9 Å². The van der Waals surface area contributed by atoms with Crippen LogP contribution in [-0.4, -0.2) is 23.4 Å². The molecule has 4 heteroatoms. The lowest BCUT2D eigenvalue weighted by molar-refractivity contribution is -0.147. The van der Waals surface area contributed by atoms with Gasteiger partial charge in [0.1, 0.15) is 0 Å². The average Bonchev–Trinajstić information content (AvgIpc) is 3.07. The van der Waals surface area contributed by atoms with Gasteiger partial charge in [0.2, 0.25) is 5.91 Å². The maximum Gasteiger partial charge on any atom is 0.232 e. The summed E-state index contributed by atoms with van der Waals surface area (Å²) in [6.45, 7) is 0.840. The van der Waals surface area contributed by atoms with Crippen LogP contribution in [0.2, 0.25) is 0 Å². The van der Waals surface area contributed by atoms with Crippen molar-refractivity contribution in [2.75, 3.05) is 12.3 Å². The highest BCUT2D eigenvalue weighted by atomic mass is 32.2. The van der Waals surface area contributed by atoms with Crippen molar-refractivity contribution in [1.29, 1.82) is 0 Å². The Hall–Kier alpha value is -1.29. The molecule has 1 N–H and O–H groups in total. The van der Waals surface area contributed by atoms with Gasteiger partial charge < -0.3 is 5.32 Å². The molecule has 0 aromatic heterocycles. The Kier molecular flexibility index (Phi) is 3.35. The first-order valence-corrected chi connectivity index (χ1v) is 10.2. The summed E-state index contributed by atoms with van der Waals surface area (Å²) in [5, 5.41) is 4.03. The first-order chi connectivity index (χ1) is 11.7. The molecule has 0 radical (unpaired) electrons. The molecule has 1 amide bonds. The number of nitrogens with zero attached hydrogens (tertiary/aromatic N) is 1. The zero-order valence-electron chi connectivity index (χ0n) is 14.0. The van der Waals surface area contributed by atoms with Crippen LogP contribution in [0.4, 0.5) is 0 Å². The van der Waals surface area contributed by atoms with Gasteiger partial charge >= 0.3 is 0 Å². The van der Waals surface area contributed by atoms with Crippen LogP contribution in [0.3, 0.4) is 0 Å². The van der Waals surface area contributed by atoms with Crippen LogP contribution in [0.15, 0.2) is 35.3 Å². The molecule has 4 saturated carbocycles. The quantitative estimate of drug-likeness (QED) is 0.891. The van der Waals surface area contributed by atoms with Crippen molar-refractivity contribution >= 4 is 22.8 Å². The second-order valence-electron chi connectivity index (χ2n) is 8.38. The molecule has 1 aliphatic heterocycles. The number of amidine groups is 1. The molecule has 5 aliphatic rings. The van der Waals surface area contributed by atoms with E-state index < -0.39 is 0 Å². The molecule has 4 aliphatic carbocycles. The predicted molar refractivity (Wildman–Crippen MR) is 98.1 cm³/mol. The lowest BCUT2D eigenvalue weighted by Crippen LogP contribution is -2.59. The van der Waals surface area contributed by atoms with E-state index in [1.54, 1.807) is 11.8 Å². The summed E-state index contributed by atoms with van der Waals surface area (Å²) in [6.07, 6.45) is 7.08. The molecule has 2 atom stereocenters. The fourth-order valence-electron chi connectivity index (χ4n) is 6.30. The van der Waals surface area contributed by atoms with Crippen LogP contribution in [0.1, 0.15) is 44.1 Å². The largest absolute Gasteiger partial charge is 0.305 e. The number of hydrogen-bond acceptors (Lipinski definition) is 3. The van der Waals surface area contributed by atoms with Crippen molar-refractivity contribution in [3.05, 3.63) is 35.9 Å². The average molecular weight is 340 g/mol. The molecule has 1 aromatic rings. The minimum Gasteiger partial charge on any atom is -0.305 e. The Morgan fingerprint density at radius 3 is 2.54 bits per heavy atom. The first-order valence-electron chi connectivity index (χ1n) is 9.22. The summed E-state index contributed by atoms with van der Waals surface area (Å²) in [7, 11) is 0. The van der Waals surface area contributed by atoms with Gasteiger partial charge in [0, 0.05) is 5.75 Å². The van der Waals surface area contributed by atoms with Crippen molar-refractivity contribution in [3.8, 4) is 0 Å². The number of aliphatic imine (C=N–C) groups is 1. The van der Waals surface area contributed by atoms with Crippen molar-refractivity contribution < 1.29 is 4.79 Å². The zero-order valence-corrected chi connectivity index (χ0v) is 14.8. The molecule has 1 aromatic carbocycles. The number of carbonyl (C=O) groups is 1. The van der Waals surface area contributed by atoms with Gasteiger partial charge in [0.05, 0.1) is 12.0 Å². The summed E-state index contributed by atoms with van der Waals surface area (Å²) in [5.74, 6) is 2.69. The van der Waals surface area contributed by atoms with E-state index in [4.69, 9.17) is 0 Å². The molecular formula is C20H24N2OS. The molecule has 4 fully saturated rings. The third kappa shape index (κ3) is 2.26. The van der Waals surface area contributed by atoms with Gasteiger partial charge in [-0.15, -0.1) is 0 Å². The van der Waals surface area contributed by atoms with E-state index in [1.165, 1.54) is 24.8 Å². The lowest BCUT2D eigenvalue weighted by atomic mass is 9.42. The predicted octanol–water partition coefficient (Wildman–Crippen LogP) is 3.74. The molecule has 3 nitrogen and oxygen atoms in total. The number of benzene rings is 1. The van der Waals surface area contributed by atoms with Crippen LogP contribution in [0.25, 0.3) is 0 Å². The third-order valence-electron chi connectivity index (χ3n) is 6.73. The van der Waals surface area contributed by atoms with Crippen LogP contribution in [0.5, 0.6) is 0 Å². The van der Waals surface area contributed by atoms with Gasteiger partial charge in [-0.05, 0) is 61.3 Å². The Labute approximate surface area is 147 Å². The van der Waals surface area contributed by atoms with Gasteiger partial charge in [0.25, 0.3) is 0 Å². The zero-order chi connectivity index (χ0) is 16.2. The van der Waals surface area contributed by atoms with E-state index in [0.717, 1.165) is 48.6 Å². The summed E-state index contributed by atoms with van der Waals surface area (Å²) >= 11 is 1.69. The highest BCUT2D eigenvalue weighted by Gasteiger charge is 2.61. The lowest BCUT2D eigenvalue weighted by Gasteiger charge is -2.61. The molecule has 24 heavy (non-hydrogen) atoms. The number of carbonyl (C=O) groups excluding carboxylic acids is 1. The smallest absolute Gasteiger partial charge is 0.232 e. The Morgan fingerprint density at radius 1 is 1.12 bits per heavy atom. The van der Waals surface area contributed by atoms with E-state index in [-0.39, 0.29) is 16.7 Å². The first kappa shape index (κ1) is 15.0. The van der Waals surface area contributed by atoms with Crippen molar-refractivity contribution in [3.63, 3.8) is 0 Å². The minimum absolute atomic E-state index is 0.161. The van der Waals surface area contributed by atoms with Crippen molar-refractivity contribution in [2.24, 2.45) is 22.2 Å². The molecule has 0 unspecified atom stereocenters. The summed E-state index contributed by atoms with van der Waals surface area (Å²) in [5.41, 5.74) is 1.53. The standard InChI is InChI=1S/C20H24N2OS/c23-17(22-18-21-6-7-24-18)20-11-14-8-15(12-20)10-19(9-14,13-20)16-4-2-1-3-5-16/h1-5,14-15H,6-13H2,(H,21,22,23)/t14-,15-,19?,20?/m1/s1. The fourth-order valence-corrected chi connectivity index (χ4v) is 7.02. The van der Waals surface area contributed by atoms with Gasteiger partial charge in [0.15, 0.2) is 5.17 Å². The number of thioether (sulfide) groups is 1. The Morgan fingerprint density at radius 2 is 1.88 bits per heavy atom. The topological polar surface area (TPSA) is 41.5 Å². The molecular weight excluding hydrogens is 316 g/mol. The summed E-state index contributed by atoms with van der Waals surface area (Å²) in [4.78, 5) is 17.6. The van der Waals surface area contributed by atoms with Crippen LogP contribution >= 0.6 is 11.8 Å². The highest BCUT2D eigenvalue weighted by molar-refractivity contribution is 8.14. The highest BCUT2D eigenvalue weighted by Crippen LogP contribution is 2.65. The molecule has 126 valence electrons. The van der Waals surface area contributed by atoms with Gasteiger partial charge in [-0.1, -0.05) is 42.1 Å². The third-order valence-corrected chi connectivity index (χ3v) is 7.63. The second-order valence-corrected chi connectivity index (χ2v) is 9.46. The van der Waals surface area contributed by atoms with E-state index in [1.807, 2.05) is 0 Å². The molecule has 0 spiro atoms. The summed E-state index contributed by atoms with van der Waals surface area (Å²) in [6, 6.07) is 11.0. The van der Waals surface area contributed by atoms with Crippen molar-refractivity contribution in [1.82, 2.24) is 5.32 Å². The van der Waals surface area contributed by atoms with E-state index in [0.29, 0.717) is 0 Å². The number of hydrogen-bond donors (Lipinski definition) is 1. The van der Waals surface area contributed by atoms with Crippen LogP contribution < -0.4 is 5.32 Å². The monoisotopic (exact) mass is 340 g/mol. The number of nitrogens with one attached hydrogen (secondary N) is 1. The molecule has 0 saturated heterocycles. The van der Waals surface area contributed by atoms with E-state index in [2.05, 4.69) is 40.6 Å². The Bertz CT molecular complexity index is 685. The molecule has 1 heterocycles. The van der Waals surface area contributed by atoms with Crippen LogP contribution in [0, 0.1) is 17.3 Å².